The molecule has 0 saturated heterocycles. The first kappa shape index (κ1) is 14.6. The normalized spacial score (nSPS) is 16.1. The quantitative estimate of drug-likeness (QED) is 0.600. The summed E-state index contributed by atoms with van der Waals surface area (Å²) in [6.45, 7) is 6.39. The third kappa shape index (κ3) is 4.02. The van der Waals surface area contributed by atoms with Crippen molar-refractivity contribution >= 4 is 11.9 Å². The number of carbonyl (C=O) groups is 2. The monoisotopic (exact) mass is 229 g/mol. The topological polar surface area (TPSA) is 86.6 Å². The van der Waals surface area contributed by atoms with Gasteiger partial charge in [0.2, 0.25) is 5.91 Å². The second-order valence-corrected chi connectivity index (χ2v) is 3.98. The van der Waals surface area contributed by atoms with E-state index in [1.807, 2.05) is 0 Å². The van der Waals surface area contributed by atoms with Crippen LogP contribution in [0.4, 0.5) is 0 Å². The van der Waals surface area contributed by atoms with Crippen LogP contribution in [-0.4, -0.2) is 34.7 Å². The van der Waals surface area contributed by atoms with Crippen LogP contribution in [0.2, 0.25) is 0 Å². The summed E-state index contributed by atoms with van der Waals surface area (Å²) in [7, 11) is 0. The highest BCUT2D eigenvalue weighted by Crippen LogP contribution is 2.06. The van der Waals surface area contributed by atoms with Gasteiger partial charge in [-0.1, -0.05) is 6.92 Å². The Morgan fingerprint density at radius 2 is 1.69 bits per heavy atom. The highest BCUT2D eigenvalue weighted by molar-refractivity contribution is 6.01. The Morgan fingerprint density at radius 3 is 2.06 bits per heavy atom. The first-order valence-corrected chi connectivity index (χ1v) is 5.13. The maximum atomic E-state index is 11.6. The number of carboxylic acids is 1. The molecule has 0 radical (unpaired) electrons. The fourth-order valence-electron chi connectivity index (χ4n) is 0.946. The predicted octanol–water partition coefficient (Wildman–Crippen LogP) is 0.540. The van der Waals surface area contributed by atoms with E-state index in [1.54, 1.807) is 13.8 Å². The number of hydrogen-bond acceptors (Lipinski definition) is 3. The molecule has 0 heterocycles. The third-order valence-electron chi connectivity index (χ3n) is 2.72. The molecule has 0 rings (SSSR count). The highest BCUT2D eigenvalue weighted by Gasteiger charge is 2.17. The Labute approximate surface area is 95.2 Å². The van der Waals surface area contributed by atoms with Gasteiger partial charge in [-0.3, -0.25) is 4.79 Å². The van der Waals surface area contributed by atoms with Crippen molar-refractivity contribution in [2.75, 3.05) is 6.61 Å². The van der Waals surface area contributed by atoms with E-state index in [4.69, 9.17) is 10.2 Å². The molecule has 1 amide bonds. The Bertz CT molecular complexity index is 309. The van der Waals surface area contributed by atoms with Crippen LogP contribution in [0.15, 0.2) is 11.1 Å². The summed E-state index contributed by atoms with van der Waals surface area (Å²) in [6.07, 6.45) is 0. The predicted molar refractivity (Wildman–Crippen MR) is 59.9 cm³/mol. The first-order valence-electron chi connectivity index (χ1n) is 5.13. The number of carboxylic acid groups (broad SMARTS) is 1. The van der Waals surface area contributed by atoms with E-state index in [9.17, 15) is 9.59 Å². The summed E-state index contributed by atoms with van der Waals surface area (Å²) in [5.74, 6) is -1.58. The summed E-state index contributed by atoms with van der Waals surface area (Å²) < 4.78 is 0. The van der Waals surface area contributed by atoms with Crippen molar-refractivity contribution in [2.24, 2.45) is 5.92 Å². The zero-order chi connectivity index (χ0) is 12.9. The smallest absolute Gasteiger partial charge is 0.331 e. The molecule has 0 spiro atoms. The van der Waals surface area contributed by atoms with Crippen molar-refractivity contribution in [3.05, 3.63) is 11.1 Å². The molecule has 0 bridgehead atoms. The minimum absolute atomic E-state index is 0.0257. The van der Waals surface area contributed by atoms with Gasteiger partial charge in [-0.15, -0.1) is 0 Å². The van der Waals surface area contributed by atoms with Gasteiger partial charge in [-0.2, -0.15) is 0 Å². The lowest BCUT2D eigenvalue weighted by Crippen LogP contribution is -2.39. The van der Waals surface area contributed by atoms with E-state index in [-0.39, 0.29) is 29.7 Å². The van der Waals surface area contributed by atoms with Crippen LogP contribution in [0.1, 0.15) is 27.7 Å². The summed E-state index contributed by atoms with van der Waals surface area (Å²) in [4.78, 5) is 22.2. The number of aliphatic carboxylic acids is 1. The molecule has 92 valence electrons. The van der Waals surface area contributed by atoms with E-state index in [1.165, 1.54) is 13.8 Å². The van der Waals surface area contributed by atoms with Crippen LogP contribution < -0.4 is 5.32 Å². The van der Waals surface area contributed by atoms with Crippen molar-refractivity contribution in [2.45, 2.75) is 33.7 Å². The summed E-state index contributed by atoms with van der Waals surface area (Å²) in [5.41, 5.74) is 0.214. The average Bonchev–Trinajstić information content (AvgIpc) is 2.25. The molecule has 0 aromatic heterocycles. The lowest BCUT2D eigenvalue weighted by atomic mass is 10.0. The molecule has 3 N–H and O–H groups in total. The van der Waals surface area contributed by atoms with Gasteiger partial charge >= 0.3 is 5.97 Å². The van der Waals surface area contributed by atoms with E-state index in [0.717, 1.165) is 0 Å². The number of aliphatic hydroxyl groups excluding tert-OH is 1. The number of aliphatic hydroxyl groups is 1. The molecule has 2 atom stereocenters. The van der Waals surface area contributed by atoms with Gasteiger partial charge in [0.25, 0.3) is 0 Å². The van der Waals surface area contributed by atoms with Crippen LogP contribution in [0.5, 0.6) is 0 Å². The van der Waals surface area contributed by atoms with E-state index in [0.29, 0.717) is 0 Å². The molecule has 2 unspecified atom stereocenters. The fourth-order valence-corrected chi connectivity index (χ4v) is 0.946. The third-order valence-corrected chi connectivity index (χ3v) is 2.72. The maximum Gasteiger partial charge on any atom is 0.331 e. The largest absolute Gasteiger partial charge is 0.478 e. The number of carbonyl (C=O) groups excluding carboxylic acids is 1. The molecule has 0 aliphatic rings. The van der Waals surface area contributed by atoms with Crippen molar-refractivity contribution in [3.8, 4) is 0 Å². The summed E-state index contributed by atoms with van der Waals surface area (Å²) in [5, 5.41) is 20.3. The molecule has 0 aromatic carbocycles. The van der Waals surface area contributed by atoms with Crippen LogP contribution in [0.3, 0.4) is 0 Å². The van der Waals surface area contributed by atoms with Gasteiger partial charge in [-0.05, 0) is 26.7 Å². The molecular weight excluding hydrogens is 210 g/mol. The minimum Gasteiger partial charge on any atom is -0.478 e. The Balaban J connectivity index is 4.60. The van der Waals surface area contributed by atoms with Gasteiger partial charge in [0.1, 0.15) is 0 Å². The molecule has 0 aliphatic carbocycles. The van der Waals surface area contributed by atoms with E-state index in [2.05, 4.69) is 5.32 Å². The minimum atomic E-state index is -1.10. The molecule has 5 heteroatoms. The highest BCUT2D eigenvalue weighted by atomic mass is 16.4. The van der Waals surface area contributed by atoms with Gasteiger partial charge in [-0.25, -0.2) is 4.79 Å². The van der Waals surface area contributed by atoms with Crippen molar-refractivity contribution in [1.29, 1.82) is 0 Å². The van der Waals surface area contributed by atoms with Crippen molar-refractivity contribution in [3.63, 3.8) is 0 Å². The van der Waals surface area contributed by atoms with E-state index < -0.39 is 11.9 Å². The van der Waals surface area contributed by atoms with E-state index >= 15 is 0 Å². The number of hydrogen-bond donors (Lipinski definition) is 3. The first-order chi connectivity index (χ1) is 7.31. The molecule has 16 heavy (non-hydrogen) atoms. The Morgan fingerprint density at radius 1 is 1.19 bits per heavy atom. The number of amides is 1. The van der Waals surface area contributed by atoms with Gasteiger partial charge in [0.15, 0.2) is 0 Å². The zero-order valence-corrected chi connectivity index (χ0v) is 10.1. The Hall–Kier alpha value is -1.36. The van der Waals surface area contributed by atoms with Crippen LogP contribution >= 0.6 is 0 Å². The lowest BCUT2D eigenvalue weighted by Gasteiger charge is -2.19. The molecule has 5 nitrogen and oxygen atoms in total. The standard InChI is InChI=1S/C11H19NO4/c1-6(5-13)9(4)12-10(14)7(2)8(3)11(15)16/h6,9,13H,5H2,1-4H3,(H,12,14)(H,15,16). The van der Waals surface area contributed by atoms with Crippen LogP contribution in [0, 0.1) is 5.92 Å². The molecular formula is C11H19NO4. The van der Waals surface area contributed by atoms with Crippen molar-refractivity contribution < 1.29 is 19.8 Å². The van der Waals surface area contributed by atoms with Gasteiger partial charge in [0, 0.05) is 23.8 Å². The average molecular weight is 229 g/mol. The second-order valence-electron chi connectivity index (χ2n) is 3.98. The van der Waals surface area contributed by atoms with Crippen LogP contribution in [0.25, 0.3) is 0 Å². The molecule has 0 fully saturated rings. The lowest BCUT2D eigenvalue weighted by molar-refractivity contribution is -0.133. The van der Waals surface area contributed by atoms with Crippen LogP contribution in [-0.2, 0) is 9.59 Å². The number of nitrogens with one attached hydrogen (secondary N) is 1. The van der Waals surface area contributed by atoms with Gasteiger partial charge in [0.05, 0.1) is 0 Å². The fraction of sp³-hybridized carbons (Fsp3) is 0.636. The molecule has 0 aromatic rings. The molecule has 0 saturated carbocycles. The summed E-state index contributed by atoms with van der Waals surface area (Å²) in [6, 6.07) is -0.200. The summed E-state index contributed by atoms with van der Waals surface area (Å²) >= 11 is 0. The second kappa shape index (κ2) is 6.27. The van der Waals surface area contributed by atoms with Gasteiger partial charge < -0.3 is 15.5 Å². The molecule has 0 aliphatic heterocycles. The number of rotatable bonds is 5. The zero-order valence-electron chi connectivity index (χ0n) is 10.1. The SMILES string of the molecule is CC(C(=O)O)=C(C)C(=O)NC(C)C(C)CO. The van der Waals surface area contributed by atoms with Crippen molar-refractivity contribution in [1.82, 2.24) is 5.32 Å². The Kier molecular flexibility index (Phi) is 5.74. The maximum absolute atomic E-state index is 11.6.